The predicted molar refractivity (Wildman–Crippen MR) is 67.4 cm³/mol. The lowest BCUT2D eigenvalue weighted by molar-refractivity contribution is 0.205. The molecule has 5 heteroatoms. The molecule has 92 valence electrons. The van der Waals surface area contributed by atoms with Crippen LogP contribution in [0.3, 0.4) is 0 Å². The van der Waals surface area contributed by atoms with Crippen LogP contribution in [-0.4, -0.2) is 34.6 Å². The van der Waals surface area contributed by atoms with Gasteiger partial charge in [-0.3, -0.25) is 4.90 Å². The van der Waals surface area contributed by atoms with Crippen molar-refractivity contribution in [2.75, 3.05) is 20.1 Å². The molecule has 0 saturated carbocycles. The molecule has 0 fully saturated rings. The fourth-order valence-electron chi connectivity index (χ4n) is 1.66. The number of hydrogen-bond acceptors (Lipinski definition) is 3. The minimum Gasteiger partial charge on any atom is -0.330 e. The minimum atomic E-state index is 0.129. The summed E-state index contributed by atoms with van der Waals surface area (Å²) < 4.78 is 1.90. The Balaban J connectivity index is 2.58. The van der Waals surface area contributed by atoms with E-state index in [0.717, 1.165) is 18.9 Å². The standard InChI is InChI=1S/C11H21ClN4/c1-11(2,7-13)8-15(3)6-10-14-5-9(12)16(10)4/h5H,6-8,13H2,1-4H3. The quantitative estimate of drug-likeness (QED) is 0.854. The van der Waals surface area contributed by atoms with Gasteiger partial charge in [0, 0.05) is 13.6 Å². The summed E-state index contributed by atoms with van der Waals surface area (Å²) in [6, 6.07) is 0. The molecule has 0 atom stereocenters. The van der Waals surface area contributed by atoms with E-state index in [1.807, 2.05) is 11.6 Å². The predicted octanol–water partition coefficient (Wildman–Crippen LogP) is 1.49. The van der Waals surface area contributed by atoms with E-state index in [1.54, 1.807) is 6.20 Å². The third-order valence-corrected chi connectivity index (χ3v) is 3.04. The van der Waals surface area contributed by atoms with Crippen LogP contribution in [0.25, 0.3) is 0 Å². The van der Waals surface area contributed by atoms with Crippen LogP contribution in [0.2, 0.25) is 5.15 Å². The number of rotatable bonds is 5. The smallest absolute Gasteiger partial charge is 0.128 e. The normalized spacial score (nSPS) is 12.4. The summed E-state index contributed by atoms with van der Waals surface area (Å²) >= 11 is 5.94. The first-order valence-corrected chi connectivity index (χ1v) is 5.78. The second-order valence-electron chi connectivity index (χ2n) is 5.10. The number of nitrogens with two attached hydrogens (primary N) is 1. The number of nitrogens with zero attached hydrogens (tertiary/aromatic N) is 3. The molecule has 0 spiro atoms. The van der Waals surface area contributed by atoms with Crippen molar-refractivity contribution >= 4 is 11.6 Å². The zero-order chi connectivity index (χ0) is 12.3. The van der Waals surface area contributed by atoms with Crippen molar-refractivity contribution in [2.24, 2.45) is 18.2 Å². The average Bonchev–Trinajstić information content (AvgIpc) is 2.49. The third-order valence-electron chi connectivity index (χ3n) is 2.69. The molecule has 0 saturated heterocycles. The van der Waals surface area contributed by atoms with E-state index in [0.29, 0.717) is 11.7 Å². The van der Waals surface area contributed by atoms with Crippen molar-refractivity contribution < 1.29 is 0 Å². The Morgan fingerprint density at radius 2 is 2.19 bits per heavy atom. The summed E-state index contributed by atoms with van der Waals surface area (Å²) in [4.78, 5) is 6.48. The lowest BCUT2D eigenvalue weighted by Crippen LogP contribution is -2.36. The van der Waals surface area contributed by atoms with Crippen molar-refractivity contribution in [3.05, 3.63) is 17.2 Å². The minimum absolute atomic E-state index is 0.129. The van der Waals surface area contributed by atoms with E-state index in [1.165, 1.54) is 0 Å². The highest BCUT2D eigenvalue weighted by molar-refractivity contribution is 6.29. The largest absolute Gasteiger partial charge is 0.330 e. The van der Waals surface area contributed by atoms with Crippen LogP contribution in [-0.2, 0) is 13.6 Å². The second-order valence-corrected chi connectivity index (χ2v) is 5.48. The second kappa shape index (κ2) is 5.17. The van der Waals surface area contributed by atoms with Gasteiger partial charge >= 0.3 is 0 Å². The van der Waals surface area contributed by atoms with Crippen LogP contribution in [0.5, 0.6) is 0 Å². The molecule has 0 aliphatic rings. The van der Waals surface area contributed by atoms with Gasteiger partial charge < -0.3 is 10.3 Å². The van der Waals surface area contributed by atoms with Crippen LogP contribution < -0.4 is 5.73 Å². The number of hydrogen-bond donors (Lipinski definition) is 1. The van der Waals surface area contributed by atoms with E-state index < -0.39 is 0 Å². The van der Waals surface area contributed by atoms with Gasteiger partial charge in [-0.05, 0) is 19.0 Å². The molecular formula is C11H21ClN4. The zero-order valence-corrected chi connectivity index (χ0v) is 11.3. The maximum absolute atomic E-state index is 5.94. The summed E-state index contributed by atoms with van der Waals surface area (Å²) in [5.41, 5.74) is 5.84. The van der Waals surface area contributed by atoms with Crippen LogP contribution in [0.1, 0.15) is 19.7 Å². The third kappa shape index (κ3) is 3.47. The van der Waals surface area contributed by atoms with E-state index in [2.05, 4.69) is 30.8 Å². The molecule has 0 aliphatic carbocycles. The molecule has 2 N–H and O–H groups in total. The molecule has 1 rings (SSSR count). The Kier molecular flexibility index (Phi) is 4.35. The van der Waals surface area contributed by atoms with Gasteiger partial charge in [0.1, 0.15) is 11.0 Å². The summed E-state index contributed by atoms with van der Waals surface area (Å²) in [6.45, 7) is 6.73. The first kappa shape index (κ1) is 13.5. The summed E-state index contributed by atoms with van der Waals surface area (Å²) in [7, 11) is 3.99. The maximum atomic E-state index is 5.94. The van der Waals surface area contributed by atoms with Gasteiger partial charge in [0.05, 0.1) is 12.7 Å². The average molecular weight is 245 g/mol. The lowest BCUT2D eigenvalue weighted by Gasteiger charge is -2.28. The van der Waals surface area contributed by atoms with Gasteiger partial charge in [-0.1, -0.05) is 25.4 Å². The van der Waals surface area contributed by atoms with Crippen molar-refractivity contribution in [3.8, 4) is 0 Å². The van der Waals surface area contributed by atoms with Gasteiger partial charge in [-0.2, -0.15) is 0 Å². The summed E-state index contributed by atoms with van der Waals surface area (Å²) in [5, 5.41) is 0.668. The topological polar surface area (TPSA) is 47.1 Å². The van der Waals surface area contributed by atoms with E-state index in [-0.39, 0.29) is 5.41 Å². The Labute approximate surface area is 102 Å². The van der Waals surface area contributed by atoms with Crippen LogP contribution in [0.4, 0.5) is 0 Å². The highest BCUT2D eigenvalue weighted by atomic mass is 35.5. The molecule has 0 unspecified atom stereocenters. The fraction of sp³-hybridized carbons (Fsp3) is 0.727. The monoisotopic (exact) mass is 244 g/mol. The first-order chi connectivity index (χ1) is 7.35. The fourth-order valence-corrected chi connectivity index (χ4v) is 1.81. The SMILES string of the molecule is CN(Cc1ncc(Cl)n1C)CC(C)(C)CN. The number of halogens is 1. The number of imidazole rings is 1. The molecule has 16 heavy (non-hydrogen) atoms. The van der Waals surface area contributed by atoms with Gasteiger partial charge in [0.15, 0.2) is 0 Å². The van der Waals surface area contributed by atoms with E-state index >= 15 is 0 Å². The summed E-state index contributed by atoms with van der Waals surface area (Å²) in [6.07, 6.45) is 1.68. The molecule has 1 aromatic heterocycles. The molecule has 4 nitrogen and oxygen atoms in total. The highest BCUT2D eigenvalue weighted by Crippen LogP contribution is 2.16. The van der Waals surface area contributed by atoms with Gasteiger partial charge in [-0.25, -0.2) is 4.98 Å². The van der Waals surface area contributed by atoms with Crippen LogP contribution in [0.15, 0.2) is 6.20 Å². The van der Waals surface area contributed by atoms with Crippen molar-refractivity contribution in [2.45, 2.75) is 20.4 Å². The van der Waals surface area contributed by atoms with E-state index in [4.69, 9.17) is 17.3 Å². The van der Waals surface area contributed by atoms with Crippen molar-refractivity contribution in [1.82, 2.24) is 14.5 Å². The van der Waals surface area contributed by atoms with Gasteiger partial charge in [0.25, 0.3) is 0 Å². The summed E-state index contributed by atoms with van der Waals surface area (Å²) in [5.74, 6) is 0.973. The molecule has 0 radical (unpaired) electrons. The lowest BCUT2D eigenvalue weighted by atomic mass is 9.93. The Morgan fingerprint density at radius 3 is 2.62 bits per heavy atom. The Bertz CT molecular complexity index is 346. The molecule has 0 amide bonds. The molecule has 0 bridgehead atoms. The molecule has 1 heterocycles. The molecule has 0 aromatic carbocycles. The maximum Gasteiger partial charge on any atom is 0.128 e. The Morgan fingerprint density at radius 1 is 1.56 bits per heavy atom. The number of aromatic nitrogens is 2. The van der Waals surface area contributed by atoms with Gasteiger partial charge in [0.2, 0.25) is 0 Å². The van der Waals surface area contributed by atoms with Crippen molar-refractivity contribution in [1.29, 1.82) is 0 Å². The van der Waals surface area contributed by atoms with Crippen molar-refractivity contribution in [3.63, 3.8) is 0 Å². The molecule has 1 aromatic rings. The zero-order valence-electron chi connectivity index (χ0n) is 10.5. The molecule has 0 aliphatic heterocycles. The van der Waals surface area contributed by atoms with Gasteiger partial charge in [-0.15, -0.1) is 0 Å². The highest BCUT2D eigenvalue weighted by Gasteiger charge is 2.19. The van der Waals surface area contributed by atoms with E-state index in [9.17, 15) is 0 Å². The Hall–Kier alpha value is -0.580. The first-order valence-electron chi connectivity index (χ1n) is 5.40. The molecular weight excluding hydrogens is 224 g/mol. The van der Waals surface area contributed by atoms with Crippen LogP contribution >= 0.6 is 11.6 Å². The van der Waals surface area contributed by atoms with Crippen LogP contribution in [0, 0.1) is 5.41 Å².